The lowest BCUT2D eigenvalue weighted by Crippen LogP contribution is -2.53. The van der Waals surface area contributed by atoms with E-state index in [2.05, 4.69) is 29.6 Å². The molecule has 0 bridgehead atoms. The summed E-state index contributed by atoms with van der Waals surface area (Å²) in [5.74, 6) is 0.129. The van der Waals surface area contributed by atoms with Crippen LogP contribution in [0, 0.1) is 0 Å². The molecule has 1 amide bonds. The van der Waals surface area contributed by atoms with Gasteiger partial charge in [0.25, 0.3) is 0 Å². The van der Waals surface area contributed by atoms with Gasteiger partial charge < -0.3 is 9.64 Å². The summed E-state index contributed by atoms with van der Waals surface area (Å²) in [7, 11) is 0. The van der Waals surface area contributed by atoms with Crippen LogP contribution in [-0.4, -0.2) is 42.1 Å². The van der Waals surface area contributed by atoms with E-state index in [4.69, 9.17) is 4.74 Å². The van der Waals surface area contributed by atoms with Crippen molar-refractivity contribution in [2.45, 2.75) is 45.1 Å². The molecule has 1 fully saturated rings. The normalized spacial score (nSPS) is 21.6. The molecule has 0 aromatic heterocycles. The second kappa shape index (κ2) is 8.47. The molecule has 1 heterocycles. The Balaban J connectivity index is 1.77. The molecule has 3 atom stereocenters. The third-order valence-corrected chi connectivity index (χ3v) is 4.78. The van der Waals surface area contributed by atoms with Gasteiger partial charge in [-0.2, -0.15) is 0 Å². The van der Waals surface area contributed by atoms with E-state index in [1.807, 2.05) is 62.1 Å². The van der Waals surface area contributed by atoms with Gasteiger partial charge in [-0.3, -0.25) is 10.1 Å². The first kappa shape index (κ1) is 18.6. The Morgan fingerprint density at radius 2 is 1.42 bits per heavy atom. The van der Waals surface area contributed by atoms with Crippen LogP contribution in [0.4, 0.5) is 0 Å². The van der Waals surface area contributed by atoms with Gasteiger partial charge in [0.15, 0.2) is 0 Å². The molecular weight excluding hydrogens is 324 g/mol. The molecule has 138 valence electrons. The van der Waals surface area contributed by atoms with Crippen LogP contribution in [0.15, 0.2) is 60.7 Å². The van der Waals surface area contributed by atoms with E-state index in [0.29, 0.717) is 13.1 Å². The van der Waals surface area contributed by atoms with Crippen LogP contribution in [0.25, 0.3) is 0 Å². The highest BCUT2D eigenvalue weighted by Gasteiger charge is 2.30. The number of nitrogens with zero attached hydrogens (tertiary/aromatic N) is 1. The molecule has 3 rings (SSSR count). The molecule has 4 heteroatoms. The van der Waals surface area contributed by atoms with Crippen molar-refractivity contribution in [3.05, 3.63) is 71.8 Å². The van der Waals surface area contributed by atoms with E-state index in [1.54, 1.807) is 0 Å². The topological polar surface area (TPSA) is 41.6 Å². The van der Waals surface area contributed by atoms with Crippen molar-refractivity contribution in [2.75, 3.05) is 13.1 Å². The first-order valence-corrected chi connectivity index (χ1v) is 9.34. The monoisotopic (exact) mass is 352 g/mol. The summed E-state index contributed by atoms with van der Waals surface area (Å²) in [6.45, 7) is 7.29. The van der Waals surface area contributed by atoms with Gasteiger partial charge >= 0.3 is 0 Å². The number of rotatable bonds is 5. The highest BCUT2D eigenvalue weighted by molar-refractivity contribution is 5.81. The molecule has 0 aliphatic carbocycles. The maximum atomic E-state index is 13.0. The van der Waals surface area contributed by atoms with Gasteiger partial charge in [0.1, 0.15) is 0 Å². The number of carbonyl (C=O) groups excluding carboxylic acids is 1. The molecule has 26 heavy (non-hydrogen) atoms. The molecule has 1 saturated heterocycles. The van der Waals surface area contributed by atoms with Crippen molar-refractivity contribution >= 4 is 5.91 Å². The van der Waals surface area contributed by atoms with E-state index in [1.165, 1.54) is 0 Å². The highest BCUT2D eigenvalue weighted by atomic mass is 16.5. The molecular formula is C22H28N2O2. The Hall–Kier alpha value is -2.17. The molecule has 1 aliphatic rings. The molecule has 2 aromatic carbocycles. The van der Waals surface area contributed by atoms with Gasteiger partial charge in [-0.05, 0) is 31.9 Å². The fraction of sp³-hybridized carbons (Fsp3) is 0.409. The molecule has 0 radical (unpaired) electrons. The number of amides is 1. The predicted octanol–water partition coefficient (Wildman–Crippen LogP) is 3.39. The number of carbonyl (C=O) groups is 1. The molecule has 1 aliphatic heterocycles. The van der Waals surface area contributed by atoms with Crippen molar-refractivity contribution in [1.29, 1.82) is 0 Å². The largest absolute Gasteiger partial charge is 0.372 e. The first-order valence-electron chi connectivity index (χ1n) is 9.34. The molecule has 4 nitrogen and oxygen atoms in total. The summed E-state index contributed by atoms with van der Waals surface area (Å²) in [6.07, 6.45) is 0.155. The minimum Gasteiger partial charge on any atom is -0.372 e. The van der Waals surface area contributed by atoms with Gasteiger partial charge in [-0.25, -0.2) is 0 Å². The summed E-state index contributed by atoms with van der Waals surface area (Å²) in [6, 6.07) is 20.2. The van der Waals surface area contributed by atoms with Gasteiger partial charge in [0, 0.05) is 13.1 Å². The maximum Gasteiger partial charge on any atom is 0.239 e. The number of nitrogens with one attached hydrogen (secondary N) is 1. The fourth-order valence-corrected chi connectivity index (χ4v) is 3.63. The Morgan fingerprint density at radius 1 is 0.962 bits per heavy atom. The van der Waals surface area contributed by atoms with Crippen LogP contribution in [0.5, 0.6) is 0 Å². The van der Waals surface area contributed by atoms with Crippen LogP contribution in [0.3, 0.4) is 0 Å². The van der Waals surface area contributed by atoms with Crippen molar-refractivity contribution in [1.82, 2.24) is 10.2 Å². The summed E-state index contributed by atoms with van der Waals surface area (Å²) < 4.78 is 5.75. The van der Waals surface area contributed by atoms with Gasteiger partial charge in [0.2, 0.25) is 5.91 Å². The number of hydrogen-bond donors (Lipinski definition) is 1. The molecule has 0 unspecified atom stereocenters. The van der Waals surface area contributed by atoms with Crippen LogP contribution >= 0.6 is 0 Å². The molecule has 1 N–H and O–H groups in total. The minimum atomic E-state index is -0.280. The molecule has 0 saturated carbocycles. The highest BCUT2D eigenvalue weighted by Crippen LogP contribution is 2.23. The van der Waals surface area contributed by atoms with E-state index in [-0.39, 0.29) is 30.2 Å². The average Bonchev–Trinajstić information content (AvgIpc) is 2.66. The summed E-state index contributed by atoms with van der Waals surface area (Å²) >= 11 is 0. The van der Waals surface area contributed by atoms with E-state index in [9.17, 15) is 4.79 Å². The first-order chi connectivity index (χ1) is 12.5. The zero-order chi connectivity index (χ0) is 18.5. The van der Waals surface area contributed by atoms with E-state index >= 15 is 0 Å². The van der Waals surface area contributed by atoms with Crippen molar-refractivity contribution in [2.24, 2.45) is 0 Å². The van der Waals surface area contributed by atoms with E-state index < -0.39 is 0 Å². The smallest absolute Gasteiger partial charge is 0.239 e. The molecule has 0 spiro atoms. The van der Waals surface area contributed by atoms with Gasteiger partial charge in [-0.15, -0.1) is 0 Å². The lowest BCUT2D eigenvalue weighted by atomic mass is 9.97. The lowest BCUT2D eigenvalue weighted by molar-refractivity contribution is -0.145. The second-order valence-electron chi connectivity index (χ2n) is 7.14. The van der Waals surface area contributed by atoms with Crippen molar-refractivity contribution in [3.8, 4) is 0 Å². The molecule has 2 aromatic rings. The number of morpholine rings is 1. The number of benzene rings is 2. The van der Waals surface area contributed by atoms with Crippen molar-refractivity contribution < 1.29 is 9.53 Å². The zero-order valence-electron chi connectivity index (χ0n) is 15.8. The number of hydrogen-bond acceptors (Lipinski definition) is 3. The minimum absolute atomic E-state index is 0.0211. The Bertz CT molecular complexity index is 655. The van der Waals surface area contributed by atoms with Crippen LogP contribution in [-0.2, 0) is 9.53 Å². The van der Waals surface area contributed by atoms with Gasteiger partial charge in [-0.1, -0.05) is 60.7 Å². The zero-order valence-corrected chi connectivity index (χ0v) is 15.8. The number of ether oxygens (including phenoxy) is 1. The third-order valence-electron chi connectivity index (χ3n) is 4.78. The Kier molecular flexibility index (Phi) is 6.07. The van der Waals surface area contributed by atoms with Crippen LogP contribution < -0.4 is 5.32 Å². The lowest BCUT2D eigenvalue weighted by Gasteiger charge is -2.37. The summed E-state index contributed by atoms with van der Waals surface area (Å²) in [4.78, 5) is 14.9. The summed E-state index contributed by atoms with van der Waals surface area (Å²) in [5, 5.41) is 3.54. The Morgan fingerprint density at radius 3 is 1.88 bits per heavy atom. The second-order valence-corrected chi connectivity index (χ2v) is 7.14. The van der Waals surface area contributed by atoms with E-state index in [0.717, 1.165) is 11.1 Å². The summed E-state index contributed by atoms with van der Waals surface area (Å²) in [5.41, 5.74) is 2.31. The van der Waals surface area contributed by atoms with Crippen LogP contribution in [0.2, 0.25) is 0 Å². The van der Waals surface area contributed by atoms with Crippen LogP contribution in [0.1, 0.15) is 37.9 Å². The maximum absolute atomic E-state index is 13.0. The SMILES string of the molecule is C[C@@H]1CN(C(=O)[C@H](C)NC(c2ccccc2)c2ccccc2)C[C@@H](C)O1. The predicted molar refractivity (Wildman–Crippen MR) is 104 cm³/mol. The third kappa shape index (κ3) is 4.51. The van der Waals surface area contributed by atoms with Crippen molar-refractivity contribution in [3.63, 3.8) is 0 Å². The van der Waals surface area contributed by atoms with Gasteiger partial charge in [0.05, 0.1) is 24.3 Å². The fourth-order valence-electron chi connectivity index (χ4n) is 3.63. The quantitative estimate of drug-likeness (QED) is 0.897. The standard InChI is InChI=1S/C22H28N2O2/c1-16-14-24(15-17(2)26-16)22(25)18(3)23-21(19-10-6-4-7-11-19)20-12-8-5-9-13-20/h4-13,16-18,21,23H,14-15H2,1-3H3/t16-,17-,18+/m1/s1. The average molecular weight is 352 g/mol. The Labute approximate surface area is 156 Å².